The zero-order valence-corrected chi connectivity index (χ0v) is 13.4. The Labute approximate surface area is 136 Å². The molecule has 2 aliphatic rings. The van der Waals surface area contributed by atoms with Gasteiger partial charge in [0.05, 0.1) is 18.4 Å². The Balaban J connectivity index is 1.58. The lowest BCUT2D eigenvalue weighted by molar-refractivity contribution is 0.344. The Morgan fingerprint density at radius 3 is 2.65 bits per heavy atom. The SMILES string of the molecule is CN(Cc1cnccn1)c1cc(C2CC(N)C2)nc(C2CC2)n1. The molecule has 6 heteroatoms. The molecule has 0 spiro atoms. The van der Waals surface area contributed by atoms with Gasteiger partial charge in [-0.1, -0.05) is 0 Å². The highest BCUT2D eigenvalue weighted by Crippen LogP contribution is 2.41. The maximum Gasteiger partial charge on any atom is 0.134 e. The zero-order chi connectivity index (χ0) is 15.8. The zero-order valence-electron chi connectivity index (χ0n) is 13.4. The van der Waals surface area contributed by atoms with E-state index in [1.165, 1.54) is 12.8 Å². The number of hydrogen-bond donors (Lipinski definition) is 1. The van der Waals surface area contributed by atoms with Gasteiger partial charge in [0.2, 0.25) is 0 Å². The fourth-order valence-electron chi connectivity index (χ4n) is 3.04. The third-order valence-corrected chi connectivity index (χ3v) is 4.69. The number of nitrogens with zero attached hydrogens (tertiary/aromatic N) is 5. The molecule has 2 aliphatic carbocycles. The van der Waals surface area contributed by atoms with Crippen LogP contribution in [0.2, 0.25) is 0 Å². The molecule has 0 bridgehead atoms. The first-order chi connectivity index (χ1) is 11.2. The molecule has 2 heterocycles. The van der Waals surface area contributed by atoms with Crippen molar-refractivity contribution in [2.75, 3.05) is 11.9 Å². The molecule has 2 aromatic rings. The summed E-state index contributed by atoms with van der Waals surface area (Å²) < 4.78 is 0. The van der Waals surface area contributed by atoms with Crippen LogP contribution < -0.4 is 10.6 Å². The number of hydrogen-bond acceptors (Lipinski definition) is 6. The molecule has 2 fully saturated rings. The quantitative estimate of drug-likeness (QED) is 0.909. The van der Waals surface area contributed by atoms with Crippen molar-refractivity contribution in [1.29, 1.82) is 0 Å². The van der Waals surface area contributed by atoms with Gasteiger partial charge in [-0.15, -0.1) is 0 Å². The van der Waals surface area contributed by atoms with Gasteiger partial charge >= 0.3 is 0 Å². The number of anilines is 1. The number of nitrogens with two attached hydrogens (primary N) is 1. The van der Waals surface area contributed by atoms with Crippen LogP contribution in [0.4, 0.5) is 5.82 Å². The highest BCUT2D eigenvalue weighted by molar-refractivity contribution is 5.41. The summed E-state index contributed by atoms with van der Waals surface area (Å²) in [5, 5.41) is 0. The summed E-state index contributed by atoms with van der Waals surface area (Å²) in [6.45, 7) is 0.693. The second-order valence-corrected chi connectivity index (χ2v) is 6.76. The van der Waals surface area contributed by atoms with E-state index in [0.717, 1.165) is 35.9 Å². The monoisotopic (exact) mass is 310 g/mol. The van der Waals surface area contributed by atoms with Gasteiger partial charge in [0.15, 0.2) is 0 Å². The van der Waals surface area contributed by atoms with Gasteiger partial charge in [0.1, 0.15) is 11.6 Å². The van der Waals surface area contributed by atoms with Crippen molar-refractivity contribution in [3.63, 3.8) is 0 Å². The van der Waals surface area contributed by atoms with E-state index in [1.54, 1.807) is 18.6 Å². The predicted molar refractivity (Wildman–Crippen MR) is 88.1 cm³/mol. The normalized spacial score (nSPS) is 23.4. The number of rotatable bonds is 5. The molecule has 0 radical (unpaired) electrons. The molecule has 2 saturated carbocycles. The van der Waals surface area contributed by atoms with E-state index in [2.05, 4.69) is 20.9 Å². The first kappa shape index (κ1) is 14.5. The highest BCUT2D eigenvalue weighted by atomic mass is 15.2. The molecular weight excluding hydrogens is 288 g/mol. The Morgan fingerprint density at radius 1 is 1.17 bits per heavy atom. The van der Waals surface area contributed by atoms with Crippen molar-refractivity contribution in [3.05, 3.63) is 41.9 Å². The van der Waals surface area contributed by atoms with Crippen molar-refractivity contribution in [1.82, 2.24) is 19.9 Å². The van der Waals surface area contributed by atoms with Gasteiger partial charge in [0, 0.05) is 49.1 Å². The van der Waals surface area contributed by atoms with Crippen LogP contribution in [0.25, 0.3) is 0 Å². The predicted octanol–water partition coefficient (Wildman–Crippen LogP) is 1.99. The summed E-state index contributed by atoms with van der Waals surface area (Å²) in [7, 11) is 2.05. The summed E-state index contributed by atoms with van der Waals surface area (Å²) in [6, 6.07) is 2.46. The van der Waals surface area contributed by atoms with Crippen molar-refractivity contribution in [2.45, 2.75) is 50.1 Å². The average molecular weight is 310 g/mol. The van der Waals surface area contributed by atoms with Crippen molar-refractivity contribution in [3.8, 4) is 0 Å². The highest BCUT2D eigenvalue weighted by Gasteiger charge is 2.32. The maximum atomic E-state index is 5.95. The Hall–Kier alpha value is -2.08. The van der Waals surface area contributed by atoms with Gasteiger partial charge in [-0.05, 0) is 25.7 Å². The second-order valence-electron chi connectivity index (χ2n) is 6.76. The van der Waals surface area contributed by atoms with Gasteiger partial charge in [-0.2, -0.15) is 0 Å². The van der Waals surface area contributed by atoms with Crippen LogP contribution in [-0.4, -0.2) is 33.0 Å². The number of aromatic nitrogens is 4. The van der Waals surface area contributed by atoms with E-state index in [-0.39, 0.29) is 0 Å². The lowest BCUT2D eigenvalue weighted by Crippen LogP contribution is -2.35. The van der Waals surface area contributed by atoms with Gasteiger partial charge < -0.3 is 10.6 Å². The molecule has 4 rings (SSSR count). The lowest BCUT2D eigenvalue weighted by atomic mass is 9.78. The standard InChI is InChI=1S/C17H22N6/c1-23(10-14-9-19-4-5-20-14)16-8-15(12-6-13(18)7-12)21-17(22-16)11-2-3-11/h4-5,8-9,11-13H,2-3,6-7,10,18H2,1H3. The van der Waals surface area contributed by atoms with Crippen molar-refractivity contribution < 1.29 is 0 Å². The molecule has 23 heavy (non-hydrogen) atoms. The van der Waals surface area contributed by atoms with Crippen molar-refractivity contribution in [2.24, 2.45) is 5.73 Å². The molecule has 0 amide bonds. The summed E-state index contributed by atoms with van der Waals surface area (Å²) in [4.78, 5) is 20.2. The van der Waals surface area contributed by atoms with Crippen LogP contribution >= 0.6 is 0 Å². The molecule has 0 aromatic carbocycles. The first-order valence-corrected chi connectivity index (χ1v) is 8.29. The van der Waals surface area contributed by atoms with Crippen molar-refractivity contribution >= 4 is 5.82 Å². The third kappa shape index (κ3) is 3.17. The Bertz CT molecular complexity index is 679. The second kappa shape index (κ2) is 5.85. The minimum atomic E-state index is 0.333. The van der Waals surface area contributed by atoms with E-state index in [9.17, 15) is 0 Å². The fourth-order valence-corrected chi connectivity index (χ4v) is 3.04. The summed E-state index contributed by atoms with van der Waals surface area (Å²) in [5.41, 5.74) is 8.04. The van der Waals surface area contributed by atoms with Crippen LogP contribution in [0.3, 0.4) is 0 Å². The molecule has 0 atom stereocenters. The van der Waals surface area contributed by atoms with E-state index in [4.69, 9.17) is 15.7 Å². The van der Waals surface area contributed by atoms with E-state index in [0.29, 0.717) is 24.4 Å². The smallest absolute Gasteiger partial charge is 0.134 e. The molecule has 2 N–H and O–H groups in total. The van der Waals surface area contributed by atoms with Gasteiger partial charge in [-0.3, -0.25) is 9.97 Å². The van der Waals surface area contributed by atoms with Crippen LogP contribution in [0.5, 0.6) is 0 Å². The summed E-state index contributed by atoms with van der Waals surface area (Å²) in [6.07, 6.45) is 9.70. The molecule has 0 aliphatic heterocycles. The fraction of sp³-hybridized carbons (Fsp3) is 0.529. The Kier molecular flexibility index (Phi) is 3.69. The molecule has 0 saturated heterocycles. The van der Waals surface area contributed by atoms with Crippen LogP contribution in [0.1, 0.15) is 54.7 Å². The van der Waals surface area contributed by atoms with E-state index < -0.39 is 0 Å². The van der Waals surface area contributed by atoms with Crippen LogP contribution in [0.15, 0.2) is 24.7 Å². The summed E-state index contributed by atoms with van der Waals surface area (Å²) in [5.74, 6) is 3.02. The van der Waals surface area contributed by atoms with Crippen LogP contribution in [0, 0.1) is 0 Å². The molecule has 6 nitrogen and oxygen atoms in total. The molecule has 0 unspecified atom stereocenters. The largest absolute Gasteiger partial charge is 0.354 e. The lowest BCUT2D eigenvalue weighted by Gasteiger charge is -2.32. The van der Waals surface area contributed by atoms with E-state index >= 15 is 0 Å². The molecule has 120 valence electrons. The van der Waals surface area contributed by atoms with Gasteiger partial charge in [-0.25, -0.2) is 9.97 Å². The maximum absolute atomic E-state index is 5.95. The van der Waals surface area contributed by atoms with E-state index in [1.807, 2.05) is 7.05 Å². The van der Waals surface area contributed by atoms with Crippen LogP contribution in [-0.2, 0) is 6.54 Å². The Morgan fingerprint density at radius 2 is 2.00 bits per heavy atom. The minimum absolute atomic E-state index is 0.333. The minimum Gasteiger partial charge on any atom is -0.354 e. The molecule has 2 aromatic heterocycles. The molecular formula is C17H22N6. The first-order valence-electron chi connectivity index (χ1n) is 8.29. The van der Waals surface area contributed by atoms with Gasteiger partial charge in [0.25, 0.3) is 0 Å². The third-order valence-electron chi connectivity index (χ3n) is 4.69. The topological polar surface area (TPSA) is 80.8 Å². The summed E-state index contributed by atoms with van der Waals surface area (Å²) >= 11 is 0. The average Bonchev–Trinajstić information content (AvgIpc) is 3.37.